The maximum atomic E-state index is 13.3. The Labute approximate surface area is 152 Å². The Bertz CT molecular complexity index is 887. The highest BCUT2D eigenvalue weighted by Gasteiger charge is 2.27. The molecule has 3 aromatic rings. The fraction of sp³-hybridized carbons (Fsp3) is 0.0500. The lowest BCUT2D eigenvalue weighted by atomic mass is 10.2. The van der Waals surface area contributed by atoms with Crippen LogP contribution in [0.1, 0.15) is 15.9 Å². The predicted molar refractivity (Wildman–Crippen MR) is 102 cm³/mol. The number of benzene rings is 3. The molecule has 6 heteroatoms. The molecule has 2 N–H and O–H groups in total. The average molecular weight is 366 g/mol. The Morgan fingerprint density at radius 1 is 0.808 bits per heavy atom. The van der Waals surface area contributed by atoms with Gasteiger partial charge in [-0.2, -0.15) is 0 Å². The quantitative estimate of drug-likeness (QED) is 0.609. The van der Waals surface area contributed by atoms with Crippen molar-refractivity contribution >= 4 is 13.6 Å². The average Bonchev–Trinajstić information content (AvgIpc) is 2.69. The summed E-state index contributed by atoms with van der Waals surface area (Å²) in [5.74, 6) is -0.0600. The van der Waals surface area contributed by atoms with Crippen LogP contribution in [0.2, 0.25) is 0 Å². The summed E-state index contributed by atoms with van der Waals surface area (Å²) in [5, 5.41) is 5.37. The van der Waals surface area contributed by atoms with Crippen LogP contribution in [0, 0.1) is 0 Å². The van der Waals surface area contributed by atoms with Gasteiger partial charge in [-0.15, -0.1) is 0 Å². The molecule has 0 aliphatic heterocycles. The molecule has 3 aromatic carbocycles. The summed E-state index contributed by atoms with van der Waals surface area (Å²) in [4.78, 5) is 12.5. The van der Waals surface area contributed by atoms with E-state index in [4.69, 9.17) is 4.52 Å². The predicted octanol–water partition coefficient (Wildman–Crippen LogP) is 4.39. The molecular formula is C20H19N2O3P. The largest absolute Gasteiger partial charge is 0.419 e. The van der Waals surface area contributed by atoms with E-state index in [0.717, 1.165) is 5.56 Å². The van der Waals surface area contributed by atoms with Crippen LogP contribution in [-0.4, -0.2) is 5.91 Å². The molecule has 1 atom stereocenters. The molecule has 0 spiro atoms. The lowest BCUT2D eigenvalue weighted by molar-refractivity contribution is 0.0977. The summed E-state index contributed by atoms with van der Waals surface area (Å²) in [6.45, 7) is 0.292. The van der Waals surface area contributed by atoms with Gasteiger partial charge >= 0.3 is 7.67 Å². The topological polar surface area (TPSA) is 67.4 Å². The van der Waals surface area contributed by atoms with Crippen molar-refractivity contribution in [3.8, 4) is 5.75 Å². The van der Waals surface area contributed by atoms with Crippen LogP contribution >= 0.6 is 7.67 Å². The molecule has 0 aromatic heterocycles. The zero-order valence-corrected chi connectivity index (χ0v) is 14.9. The molecule has 1 unspecified atom stereocenters. The molecule has 0 aliphatic rings. The second-order valence-corrected chi connectivity index (χ2v) is 7.41. The van der Waals surface area contributed by atoms with E-state index < -0.39 is 13.6 Å². The molecule has 0 saturated carbocycles. The summed E-state index contributed by atoms with van der Waals surface area (Å²) in [6.07, 6.45) is 0. The van der Waals surface area contributed by atoms with E-state index in [9.17, 15) is 9.36 Å². The minimum atomic E-state index is -3.68. The van der Waals surface area contributed by atoms with Crippen molar-refractivity contribution in [2.45, 2.75) is 6.54 Å². The molecule has 0 bridgehead atoms. The number of hydrogen-bond acceptors (Lipinski definition) is 3. The first kappa shape index (κ1) is 17.9. The molecule has 3 rings (SSSR count). The van der Waals surface area contributed by atoms with E-state index in [1.54, 1.807) is 48.5 Å². The summed E-state index contributed by atoms with van der Waals surface area (Å²) in [7, 11) is -3.68. The van der Waals surface area contributed by atoms with Gasteiger partial charge in [-0.05, 0) is 29.8 Å². The Hall–Kier alpha value is -2.88. The summed E-state index contributed by atoms with van der Waals surface area (Å²) in [6, 6.07) is 26.8. The summed E-state index contributed by atoms with van der Waals surface area (Å²) in [5.41, 5.74) is 1.34. The normalized spacial score (nSPS) is 12.8. The number of carbonyl (C=O) groups excluding carboxylic acids is 1. The fourth-order valence-corrected chi connectivity index (χ4v) is 3.70. The first-order chi connectivity index (χ1) is 12.6. The SMILES string of the molecule is O=C(NP(=O)(NCc1ccccc1)Oc1ccccc1)c1ccccc1. The standard InChI is InChI=1S/C20H19N2O3P/c23-20(18-12-6-2-7-13-18)22-26(24,25-19-14-8-3-9-15-19)21-16-17-10-4-1-5-11-17/h1-15H,16H2,(H2,21,22,23,24). The van der Waals surface area contributed by atoms with Gasteiger partial charge in [-0.25, -0.2) is 9.65 Å². The third-order valence-electron chi connectivity index (χ3n) is 3.60. The fourth-order valence-electron chi connectivity index (χ4n) is 2.30. The van der Waals surface area contributed by atoms with Crippen LogP contribution in [0.4, 0.5) is 0 Å². The van der Waals surface area contributed by atoms with Crippen molar-refractivity contribution in [1.82, 2.24) is 10.2 Å². The third-order valence-corrected chi connectivity index (χ3v) is 5.14. The van der Waals surface area contributed by atoms with Gasteiger partial charge in [0.25, 0.3) is 5.91 Å². The van der Waals surface area contributed by atoms with Gasteiger partial charge in [-0.1, -0.05) is 66.7 Å². The van der Waals surface area contributed by atoms with Crippen LogP contribution in [0.15, 0.2) is 91.0 Å². The highest BCUT2D eigenvalue weighted by molar-refractivity contribution is 7.55. The van der Waals surface area contributed by atoms with Gasteiger partial charge in [0, 0.05) is 12.1 Å². The van der Waals surface area contributed by atoms with E-state index in [2.05, 4.69) is 10.2 Å². The second-order valence-electron chi connectivity index (χ2n) is 5.58. The van der Waals surface area contributed by atoms with E-state index in [-0.39, 0.29) is 0 Å². The molecule has 26 heavy (non-hydrogen) atoms. The molecule has 1 amide bonds. The lowest BCUT2D eigenvalue weighted by Crippen LogP contribution is -2.30. The van der Waals surface area contributed by atoms with Crippen LogP contribution in [0.25, 0.3) is 0 Å². The maximum Gasteiger partial charge on any atom is 0.419 e. The number of amides is 1. The first-order valence-electron chi connectivity index (χ1n) is 8.16. The minimum Gasteiger partial charge on any atom is -0.418 e. The minimum absolute atomic E-state index is 0.292. The van der Waals surface area contributed by atoms with Crippen LogP contribution in [0.3, 0.4) is 0 Å². The Balaban J connectivity index is 1.78. The van der Waals surface area contributed by atoms with Crippen molar-refractivity contribution < 1.29 is 13.9 Å². The number of carbonyl (C=O) groups is 1. The van der Waals surface area contributed by atoms with E-state index in [1.807, 2.05) is 42.5 Å². The second kappa shape index (κ2) is 8.48. The smallest absolute Gasteiger partial charge is 0.418 e. The van der Waals surface area contributed by atoms with E-state index in [0.29, 0.717) is 17.9 Å². The molecular weight excluding hydrogens is 347 g/mol. The molecule has 132 valence electrons. The monoisotopic (exact) mass is 366 g/mol. The first-order valence-corrected chi connectivity index (χ1v) is 9.78. The van der Waals surface area contributed by atoms with Gasteiger partial charge in [0.05, 0.1) is 0 Å². The van der Waals surface area contributed by atoms with Crippen molar-refractivity contribution in [2.75, 3.05) is 0 Å². The van der Waals surface area contributed by atoms with Crippen LogP contribution in [-0.2, 0) is 11.1 Å². The Morgan fingerprint density at radius 2 is 1.35 bits per heavy atom. The molecule has 0 saturated heterocycles. The van der Waals surface area contributed by atoms with E-state index in [1.165, 1.54) is 0 Å². The number of rotatable bonds is 7. The van der Waals surface area contributed by atoms with E-state index >= 15 is 0 Å². The van der Waals surface area contributed by atoms with Gasteiger partial charge < -0.3 is 4.52 Å². The summed E-state index contributed by atoms with van der Waals surface area (Å²) < 4.78 is 18.9. The van der Waals surface area contributed by atoms with Crippen molar-refractivity contribution in [3.63, 3.8) is 0 Å². The van der Waals surface area contributed by atoms with Crippen LogP contribution in [0.5, 0.6) is 5.75 Å². The number of hydrogen-bond donors (Lipinski definition) is 2. The lowest BCUT2D eigenvalue weighted by Gasteiger charge is -2.21. The molecule has 0 fully saturated rings. The molecule has 5 nitrogen and oxygen atoms in total. The highest BCUT2D eigenvalue weighted by atomic mass is 31.2. The zero-order chi connectivity index (χ0) is 18.2. The van der Waals surface area contributed by atoms with Gasteiger partial charge in [0.15, 0.2) is 0 Å². The maximum absolute atomic E-state index is 13.3. The van der Waals surface area contributed by atoms with Crippen LogP contribution < -0.4 is 14.7 Å². The molecule has 0 radical (unpaired) electrons. The summed E-state index contributed by atoms with van der Waals surface area (Å²) >= 11 is 0. The number of nitrogens with one attached hydrogen (secondary N) is 2. The van der Waals surface area contributed by atoms with Crippen molar-refractivity contribution in [2.24, 2.45) is 0 Å². The van der Waals surface area contributed by atoms with Gasteiger partial charge in [0.2, 0.25) is 0 Å². The molecule has 0 aliphatic carbocycles. The number of para-hydroxylation sites is 1. The zero-order valence-electron chi connectivity index (χ0n) is 14.0. The van der Waals surface area contributed by atoms with Crippen molar-refractivity contribution in [3.05, 3.63) is 102 Å². The van der Waals surface area contributed by atoms with Gasteiger partial charge in [-0.3, -0.25) is 9.88 Å². The van der Waals surface area contributed by atoms with Crippen molar-refractivity contribution in [1.29, 1.82) is 0 Å². The Kier molecular flexibility index (Phi) is 5.84. The third kappa shape index (κ3) is 5.06. The highest BCUT2D eigenvalue weighted by Crippen LogP contribution is 2.39. The molecule has 0 heterocycles. The van der Waals surface area contributed by atoms with Gasteiger partial charge in [0.1, 0.15) is 5.75 Å². The Morgan fingerprint density at radius 3 is 1.96 bits per heavy atom.